The lowest BCUT2D eigenvalue weighted by Gasteiger charge is -2.10. The largest absolute Gasteiger partial charge is 0.497 e. The minimum Gasteiger partial charge on any atom is -0.497 e. The average Bonchev–Trinajstić information content (AvgIpc) is 2.83. The summed E-state index contributed by atoms with van der Waals surface area (Å²) in [4.78, 5) is 25.8. The van der Waals surface area contributed by atoms with Crippen LogP contribution in [0.2, 0.25) is 0 Å². The first-order valence-electron chi connectivity index (χ1n) is 10.1. The smallest absolute Gasteiger partial charge is 0.343 e. The lowest BCUT2D eigenvalue weighted by atomic mass is 10.0. The van der Waals surface area contributed by atoms with Crippen molar-refractivity contribution in [3.63, 3.8) is 0 Å². The summed E-state index contributed by atoms with van der Waals surface area (Å²) in [5, 5.41) is 0.384. The molecule has 0 unspecified atom stereocenters. The lowest BCUT2D eigenvalue weighted by Crippen LogP contribution is -2.10. The molecule has 0 amide bonds. The molecule has 1 heterocycles. The highest BCUT2D eigenvalue weighted by molar-refractivity contribution is 5.93. The van der Waals surface area contributed by atoms with E-state index >= 15 is 0 Å². The Balaban J connectivity index is 1.68. The van der Waals surface area contributed by atoms with E-state index in [-0.39, 0.29) is 16.7 Å². The van der Waals surface area contributed by atoms with Crippen molar-refractivity contribution in [3.8, 4) is 34.1 Å². The Bertz CT molecular complexity index is 1360. The summed E-state index contributed by atoms with van der Waals surface area (Å²) in [5.74, 6) is 1.73. The van der Waals surface area contributed by atoms with Gasteiger partial charge in [-0.15, -0.1) is 0 Å². The number of hydrogen-bond donors (Lipinski definition) is 0. The van der Waals surface area contributed by atoms with Crippen molar-refractivity contribution >= 4 is 16.9 Å². The van der Waals surface area contributed by atoms with Gasteiger partial charge >= 0.3 is 5.97 Å². The molecule has 0 fully saturated rings. The van der Waals surface area contributed by atoms with E-state index in [2.05, 4.69) is 0 Å². The van der Waals surface area contributed by atoms with Crippen molar-refractivity contribution in [2.24, 2.45) is 0 Å². The number of aryl methyl sites for hydroxylation is 1. The molecule has 4 rings (SSSR count). The number of benzene rings is 3. The molecule has 33 heavy (non-hydrogen) atoms. The quantitative estimate of drug-likeness (QED) is 0.304. The number of carbonyl (C=O) groups excluding carboxylic acids is 1. The van der Waals surface area contributed by atoms with Crippen molar-refractivity contribution < 1.29 is 28.2 Å². The third kappa shape index (κ3) is 4.39. The van der Waals surface area contributed by atoms with Crippen LogP contribution in [0.4, 0.5) is 0 Å². The molecule has 0 radical (unpaired) electrons. The fourth-order valence-electron chi connectivity index (χ4n) is 3.53. The van der Waals surface area contributed by atoms with E-state index in [9.17, 15) is 9.59 Å². The van der Waals surface area contributed by atoms with Gasteiger partial charge in [-0.2, -0.15) is 0 Å². The van der Waals surface area contributed by atoms with Crippen molar-refractivity contribution in [1.82, 2.24) is 0 Å². The maximum absolute atomic E-state index is 13.2. The topological polar surface area (TPSA) is 84.2 Å². The summed E-state index contributed by atoms with van der Waals surface area (Å²) in [5.41, 5.74) is 1.61. The van der Waals surface area contributed by atoms with Gasteiger partial charge in [-0.25, -0.2) is 4.79 Å². The van der Waals surface area contributed by atoms with Gasteiger partial charge in [-0.3, -0.25) is 4.79 Å². The third-order valence-electron chi connectivity index (χ3n) is 5.22. The van der Waals surface area contributed by atoms with E-state index in [0.717, 1.165) is 5.56 Å². The van der Waals surface area contributed by atoms with Crippen LogP contribution in [-0.4, -0.2) is 27.3 Å². The van der Waals surface area contributed by atoms with Crippen molar-refractivity contribution in [2.45, 2.75) is 6.92 Å². The normalized spacial score (nSPS) is 10.7. The highest BCUT2D eigenvalue weighted by Gasteiger charge is 2.16. The zero-order valence-corrected chi connectivity index (χ0v) is 18.6. The van der Waals surface area contributed by atoms with E-state index < -0.39 is 5.97 Å². The predicted octanol–water partition coefficient (Wildman–Crippen LogP) is 5.01. The van der Waals surface area contributed by atoms with Gasteiger partial charge in [0.1, 0.15) is 34.3 Å². The highest BCUT2D eigenvalue weighted by atomic mass is 16.5. The van der Waals surface area contributed by atoms with Gasteiger partial charge in [0.05, 0.1) is 37.8 Å². The number of rotatable bonds is 6. The molecule has 168 valence electrons. The van der Waals surface area contributed by atoms with Gasteiger partial charge in [0.15, 0.2) is 0 Å². The van der Waals surface area contributed by atoms with Crippen LogP contribution in [0.25, 0.3) is 22.1 Å². The van der Waals surface area contributed by atoms with Crippen LogP contribution in [0.5, 0.6) is 23.0 Å². The van der Waals surface area contributed by atoms with E-state index in [0.29, 0.717) is 39.5 Å². The summed E-state index contributed by atoms with van der Waals surface area (Å²) >= 11 is 0. The maximum atomic E-state index is 13.2. The first kappa shape index (κ1) is 22.0. The van der Waals surface area contributed by atoms with Crippen LogP contribution in [0, 0.1) is 6.92 Å². The van der Waals surface area contributed by atoms with Crippen LogP contribution in [0.3, 0.4) is 0 Å². The SMILES string of the molecule is COc1ccc(-c2c(C)oc3cc(OC(=O)c4cc(OC)cc(OC)c4)ccc3c2=O)cc1. The average molecular weight is 446 g/mol. The first-order chi connectivity index (χ1) is 15.9. The summed E-state index contributed by atoms with van der Waals surface area (Å²) in [6, 6.07) is 16.6. The van der Waals surface area contributed by atoms with E-state index in [1.54, 1.807) is 56.5 Å². The molecule has 4 aromatic rings. The fraction of sp³-hybridized carbons (Fsp3) is 0.154. The molecule has 0 saturated heterocycles. The molecule has 0 saturated carbocycles. The second-order valence-corrected chi connectivity index (χ2v) is 7.24. The molecule has 0 atom stereocenters. The maximum Gasteiger partial charge on any atom is 0.343 e. The Labute approximate surface area is 190 Å². The molecular formula is C26H22O7. The molecule has 0 N–H and O–H groups in total. The molecule has 0 aliphatic carbocycles. The zero-order valence-electron chi connectivity index (χ0n) is 18.6. The summed E-state index contributed by atoms with van der Waals surface area (Å²) in [7, 11) is 4.58. The van der Waals surface area contributed by atoms with Crippen LogP contribution >= 0.6 is 0 Å². The van der Waals surface area contributed by atoms with Crippen molar-refractivity contribution in [3.05, 3.63) is 82.2 Å². The Kier molecular flexibility index (Phi) is 6.04. The summed E-state index contributed by atoms with van der Waals surface area (Å²) in [6.07, 6.45) is 0. The number of esters is 1. The lowest BCUT2D eigenvalue weighted by molar-refractivity contribution is 0.0734. The molecule has 0 aliphatic rings. The molecule has 0 spiro atoms. The molecule has 7 heteroatoms. The molecular weight excluding hydrogens is 424 g/mol. The first-order valence-corrected chi connectivity index (χ1v) is 10.1. The van der Waals surface area contributed by atoms with Crippen LogP contribution in [-0.2, 0) is 0 Å². The summed E-state index contributed by atoms with van der Waals surface area (Å²) in [6.45, 7) is 1.72. The standard InChI is InChI=1S/C26H22O7/c1-15-24(16-5-7-18(29-2)8-6-16)25(27)22-10-9-19(14-23(22)32-15)33-26(28)17-11-20(30-3)13-21(12-17)31-4/h5-14H,1-4H3. The highest BCUT2D eigenvalue weighted by Crippen LogP contribution is 2.28. The number of hydrogen-bond acceptors (Lipinski definition) is 7. The Hall–Kier alpha value is -4.26. The molecule has 0 bridgehead atoms. The Morgan fingerprint density at radius 1 is 0.758 bits per heavy atom. The minimum atomic E-state index is -0.597. The predicted molar refractivity (Wildman–Crippen MR) is 124 cm³/mol. The molecule has 3 aromatic carbocycles. The number of methoxy groups -OCH3 is 3. The second kappa shape index (κ2) is 9.08. The Morgan fingerprint density at radius 2 is 1.36 bits per heavy atom. The van der Waals surface area contributed by atoms with E-state index in [1.165, 1.54) is 20.3 Å². The van der Waals surface area contributed by atoms with Gasteiger partial charge in [0.25, 0.3) is 0 Å². The number of fused-ring (bicyclic) bond motifs is 1. The summed E-state index contributed by atoms with van der Waals surface area (Å²) < 4.78 is 27.0. The zero-order chi connectivity index (χ0) is 23.5. The van der Waals surface area contributed by atoms with Gasteiger partial charge in [-0.1, -0.05) is 12.1 Å². The van der Waals surface area contributed by atoms with E-state index in [1.807, 2.05) is 12.1 Å². The fourth-order valence-corrected chi connectivity index (χ4v) is 3.53. The monoisotopic (exact) mass is 446 g/mol. The van der Waals surface area contributed by atoms with Gasteiger partial charge in [-0.05, 0) is 48.9 Å². The minimum absolute atomic E-state index is 0.172. The van der Waals surface area contributed by atoms with Gasteiger partial charge in [0, 0.05) is 12.1 Å². The van der Waals surface area contributed by atoms with Crippen LogP contribution in [0.1, 0.15) is 16.1 Å². The van der Waals surface area contributed by atoms with Crippen LogP contribution in [0.15, 0.2) is 69.9 Å². The van der Waals surface area contributed by atoms with Gasteiger partial charge in [0.2, 0.25) is 5.43 Å². The van der Waals surface area contributed by atoms with E-state index in [4.69, 9.17) is 23.4 Å². The molecule has 1 aromatic heterocycles. The Morgan fingerprint density at radius 3 is 1.97 bits per heavy atom. The third-order valence-corrected chi connectivity index (χ3v) is 5.22. The van der Waals surface area contributed by atoms with Gasteiger partial charge < -0.3 is 23.4 Å². The number of carbonyl (C=O) groups is 1. The van der Waals surface area contributed by atoms with Crippen molar-refractivity contribution in [2.75, 3.05) is 21.3 Å². The molecule has 7 nitrogen and oxygen atoms in total. The van der Waals surface area contributed by atoms with Crippen molar-refractivity contribution in [1.29, 1.82) is 0 Å². The number of ether oxygens (including phenoxy) is 4. The van der Waals surface area contributed by atoms with Crippen LogP contribution < -0.4 is 24.4 Å². The second-order valence-electron chi connectivity index (χ2n) is 7.24. The molecule has 0 aliphatic heterocycles.